The van der Waals surface area contributed by atoms with Crippen molar-refractivity contribution in [1.82, 2.24) is 0 Å². The van der Waals surface area contributed by atoms with E-state index >= 15 is 0 Å². The van der Waals surface area contributed by atoms with Crippen molar-refractivity contribution in [2.24, 2.45) is 5.92 Å². The minimum atomic E-state index is 0.890. The van der Waals surface area contributed by atoms with Crippen LogP contribution in [0.1, 0.15) is 12.8 Å². The second-order valence-corrected chi connectivity index (χ2v) is 4.08. The van der Waals surface area contributed by atoms with Crippen LogP contribution in [-0.4, -0.2) is 0 Å². The minimum absolute atomic E-state index is 0.890. The molecule has 1 aliphatic rings. The first-order valence-electron chi connectivity index (χ1n) is 4.33. The SMILES string of the molecule is C(=C\C1CC1)/Sc1ccccc1. The molecule has 1 saturated carbocycles. The molecule has 1 aromatic rings. The molecule has 0 aromatic heterocycles. The zero-order valence-electron chi connectivity index (χ0n) is 6.94. The van der Waals surface area contributed by atoms with Crippen LogP contribution in [0.5, 0.6) is 0 Å². The van der Waals surface area contributed by atoms with E-state index in [9.17, 15) is 0 Å². The van der Waals surface area contributed by atoms with Crippen molar-refractivity contribution < 1.29 is 0 Å². The highest BCUT2D eigenvalue weighted by atomic mass is 32.2. The third kappa shape index (κ3) is 2.42. The number of allylic oxidation sites excluding steroid dienone is 1. The van der Waals surface area contributed by atoms with Gasteiger partial charge in [-0.15, -0.1) is 0 Å². The highest BCUT2D eigenvalue weighted by molar-refractivity contribution is 8.02. The van der Waals surface area contributed by atoms with Crippen LogP contribution in [0.4, 0.5) is 0 Å². The van der Waals surface area contributed by atoms with E-state index in [2.05, 4.69) is 41.8 Å². The standard InChI is InChI=1S/C11H12S/c1-2-4-11(5-3-1)12-9-8-10-6-7-10/h1-5,8-10H,6-7H2/b9-8+. The van der Waals surface area contributed by atoms with Gasteiger partial charge in [0.05, 0.1) is 0 Å². The normalized spacial score (nSPS) is 17.0. The molecular weight excluding hydrogens is 164 g/mol. The van der Waals surface area contributed by atoms with Gasteiger partial charge < -0.3 is 0 Å². The molecule has 0 amide bonds. The third-order valence-corrected chi connectivity index (χ3v) is 2.76. The minimum Gasteiger partial charge on any atom is -0.0984 e. The van der Waals surface area contributed by atoms with Gasteiger partial charge in [-0.3, -0.25) is 0 Å². The van der Waals surface area contributed by atoms with Gasteiger partial charge in [0, 0.05) is 4.90 Å². The number of hydrogen-bond donors (Lipinski definition) is 0. The maximum absolute atomic E-state index is 2.32. The molecule has 0 saturated heterocycles. The predicted octanol–water partition coefficient (Wildman–Crippen LogP) is 3.70. The van der Waals surface area contributed by atoms with E-state index in [-0.39, 0.29) is 0 Å². The van der Waals surface area contributed by atoms with Crippen molar-refractivity contribution in [2.75, 3.05) is 0 Å². The Morgan fingerprint density at radius 2 is 1.92 bits per heavy atom. The number of benzene rings is 1. The summed E-state index contributed by atoms with van der Waals surface area (Å²) in [6.07, 6.45) is 5.11. The van der Waals surface area contributed by atoms with Crippen molar-refractivity contribution in [1.29, 1.82) is 0 Å². The van der Waals surface area contributed by atoms with Gasteiger partial charge in [-0.05, 0) is 36.3 Å². The van der Waals surface area contributed by atoms with Gasteiger partial charge in [-0.1, -0.05) is 36.0 Å². The van der Waals surface area contributed by atoms with Crippen molar-refractivity contribution in [3.05, 3.63) is 41.8 Å². The summed E-state index contributed by atoms with van der Waals surface area (Å²) in [5, 5.41) is 2.22. The second kappa shape index (κ2) is 3.81. The first-order valence-corrected chi connectivity index (χ1v) is 5.21. The Morgan fingerprint density at radius 1 is 1.17 bits per heavy atom. The predicted molar refractivity (Wildman–Crippen MR) is 54.2 cm³/mol. The molecule has 1 fully saturated rings. The highest BCUT2D eigenvalue weighted by Gasteiger charge is 2.16. The smallest absolute Gasteiger partial charge is 0.0116 e. The van der Waals surface area contributed by atoms with Crippen molar-refractivity contribution in [3.8, 4) is 0 Å². The van der Waals surface area contributed by atoms with Gasteiger partial charge in [-0.25, -0.2) is 0 Å². The Kier molecular flexibility index (Phi) is 2.52. The first-order chi connectivity index (χ1) is 5.95. The second-order valence-electron chi connectivity index (χ2n) is 3.10. The van der Waals surface area contributed by atoms with E-state index in [1.54, 1.807) is 0 Å². The molecule has 0 radical (unpaired) electrons. The summed E-state index contributed by atoms with van der Waals surface area (Å²) in [7, 11) is 0. The van der Waals surface area contributed by atoms with Crippen LogP contribution < -0.4 is 0 Å². The van der Waals surface area contributed by atoms with E-state index in [1.807, 2.05) is 11.8 Å². The number of rotatable bonds is 3. The van der Waals surface area contributed by atoms with Crippen molar-refractivity contribution >= 4 is 11.8 Å². The number of hydrogen-bond acceptors (Lipinski definition) is 1. The first kappa shape index (κ1) is 7.93. The average Bonchev–Trinajstić information content (AvgIpc) is 2.90. The van der Waals surface area contributed by atoms with E-state index in [0.717, 1.165) is 5.92 Å². The van der Waals surface area contributed by atoms with Crippen molar-refractivity contribution in [2.45, 2.75) is 17.7 Å². The molecule has 0 N–H and O–H groups in total. The van der Waals surface area contributed by atoms with Gasteiger partial charge in [-0.2, -0.15) is 0 Å². The summed E-state index contributed by atoms with van der Waals surface area (Å²) in [6, 6.07) is 10.5. The van der Waals surface area contributed by atoms with E-state index in [1.165, 1.54) is 17.7 Å². The Labute approximate surface area is 77.7 Å². The average molecular weight is 176 g/mol. The van der Waals surface area contributed by atoms with Crippen LogP contribution in [0.2, 0.25) is 0 Å². The summed E-state index contributed by atoms with van der Waals surface area (Å²) >= 11 is 1.81. The van der Waals surface area contributed by atoms with Crippen LogP contribution in [-0.2, 0) is 0 Å². The van der Waals surface area contributed by atoms with Gasteiger partial charge in [0.25, 0.3) is 0 Å². The summed E-state index contributed by atoms with van der Waals surface area (Å²) in [6.45, 7) is 0. The Bertz CT molecular complexity index is 260. The molecule has 0 heterocycles. The summed E-state index contributed by atoms with van der Waals surface area (Å²) in [5.74, 6) is 0.890. The van der Waals surface area contributed by atoms with Crippen LogP contribution in [0, 0.1) is 5.92 Å². The molecular formula is C11H12S. The summed E-state index contributed by atoms with van der Waals surface area (Å²) < 4.78 is 0. The molecule has 0 nitrogen and oxygen atoms in total. The lowest BCUT2D eigenvalue weighted by Crippen LogP contribution is -1.65. The third-order valence-electron chi connectivity index (χ3n) is 1.92. The molecule has 0 unspecified atom stereocenters. The van der Waals surface area contributed by atoms with Crippen LogP contribution in [0.15, 0.2) is 46.7 Å². The molecule has 0 bridgehead atoms. The molecule has 2 rings (SSSR count). The van der Waals surface area contributed by atoms with Gasteiger partial charge in [0.15, 0.2) is 0 Å². The molecule has 0 spiro atoms. The maximum Gasteiger partial charge on any atom is 0.0116 e. The molecule has 62 valence electrons. The quantitative estimate of drug-likeness (QED) is 0.633. The largest absolute Gasteiger partial charge is 0.0984 e. The van der Waals surface area contributed by atoms with Crippen LogP contribution >= 0.6 is 11.8 Å². The van der Waals surface area contributed by atoms with Crippen LogP contribution in [0.3, 0.4) is 0 Å². The van der Waals surface area contributed by atoms with E-state index in [4.69, 9.17) is 0 Å². The maximum atomic E-state index is 2.32. The molecule has 0 atom stereocenters. The lowest BCUT2D eigenvalue weighted by atomic mass is 10.4. The Morgan fingerprint density at radius 3 is 2.58 bits per heavy atom. The fourth-order valence-corrected chi connectivity index (χ4v) is 1.79. The fraction of sp³-hybridized carbons (Fsp3) is 0.273. The van der Waals surface area contributed by atoms with Crippen molar-refractivity contribution in [3.63, 3.8) is 0 Å². The fourth-order valence-electron chi connectivity index (χ4n) is 1.02. The van der Waals surface area contributed by atoms with Crippen LogP contribution in [0.25, 0.3) is 0 Å². The number of thioether (sulfide) groups is 1. The monoisotopic (exact) mass is 176 g/mol. The van der Waals surface area contributed by atoms with E-state index in [0.29, 0.717) is 0 Å². The molecule has 0 aliphatic heterocycles. The Hall–Kier alpha value is -0.690. The summed E-state index contributed by atoms with van der Waals surface area (Å²) in [5.41, 5.74) is 0. The molecule has 1 aromatic carbocycles. The molecule has 1 heteroatoms. The molecule has 1 aliphatic carbocycles. The summed E-state index contributed by atoms with van der Waals surface area (Å²) in [4.78, 5) is 1.33. The van der Waals surface area contributed by atoms with Gasteiger partial charge in [0.1, 0.15) is 0 Å². The lowest BCUT2D eigenvalue weighted by Gasteiger charge is -1.92. The topological polar surface area (TPSA) is 0 Å². The zero-order valence-corrected chi connectivity index (χ0v) is 7.76. The lowest BCUT2D eigenvalue weighted by molar-refractivity contribution is 1.13. The highest BCUT2D eigenvalue weighted by Crippen LogP contribution is 2.31. The van der Waals surface area contributed by atoms with Gasteiger partial charge in [0.2, 0.25) is 0 Å². The zero-order chi connectivity index (χ0) is 8.23. The van der Waals surface area contributed by atoms with Gasteiger partial charge >= 0.3 is 0 Å². The van der Waals surface area contributed by atoms with E-state index < -0.39 is 0 Å². The Balaban J connectivity index is 1.86. The molecule has 12 heavy (non-hydrogen) atoms.